The van der Waals surface area contributed by atoms with Crippen LogP contribution in [0.1, 0.15) is 30.9 Å². The first-order chi connectivity index (χ1) is 12.0. The van der Waals surface area contributed by atoms with Crippen LogP contribution in [-0.4, -0.2) is 31.4 Å². The van der Waals surface area contributed by atoms with Crippen molar-refractivity contribution in [1.29, 1.82) is 0 Å². The van der Waals surface area contributed by atoms with Gasteiger partial charge >= 0.3 is 5.97 Å². The predicted molar refractivity (Wildman–Crippen MR) is 95.8 cm³/mol. The number of carbonyl (C=O) groups is 1. The molecule has 0 heterocycles. The fraction of sp³-hybridized carbons (Fsp3) is 0.350. The van der Waals surface area contributed by atoms with Gasteiger partial charge in [0, 0.05) is 5.56 Å². The molecular formula is C20H24O5. The topological polar surface area (TPSA) is 65.0 Å². The summed E-state index contributed by atoms with van der Waals surface area (Å²) in [5, 5.41) is 9.70. The van der Waals surface area contributed by atoms with Crippen molar-refractivity contribution in [2.45, 2.75) is 32.3 Å². The SMILES string of the molecule is COc1cc(CC(C(=O)O)c2ccccc2OC)ccc1OC(C)C. The summed E-state index contributed by atoms with van der Waals surface area (Å²) < 4.78 is 16.4. The first-order valence-corrected chi connectivity index (χ1v) is 8.15. The van der Waals surface area contributed by atoms with Gasteiger partial charge < -0.3 is 19.3 Å². The highest BCUT2D eigenvalue weighted by atomic mass is 16.5. The van der Waals surface area contributed by atoms with Gasteiger partial charge in [-0.1, -0.05) is 24.3 Å². The van der Waals surface area contributed by atoms with Crippen LogP contribution in [0.15, 0.2) is 42.5 Å². The standard InChI is InChI=1S/C20H24O5/c1-13(2)25-18-10-9-14(12-19(18)24-4)11-16(20(21)22)15-7-5-6-8-17(15)23-3/h5-10,12-13,16H,11H2,1-4H3,(H,21,22). The van der Waals surface area contributed by atoms with Crippen molar-refractivity contribution in [2.75, 3.05) is 14.2 Å². The minimum absolute atomic E-state index is 0.0279. The Hall–Kier alpha value is -2.69. The fourth-order valence-electron chi connectivity index (χ4n) is 2.71. The van der Waals surface area contributed by atoms with Crippen LogP contribution in [0.2, 0.25) is 0 Å². The molecule has 1 unspecified atom stereocenters. The highest BCUT2D eigenvalue weighted by molar-refractivity contribution is 5.77. The summed E-state index contributed by atoms with van der Waals surface area (Å²) in [5.41, 5.74) is 1.50. The Labute approximate surface area is 148 Å². The molecule has 25 heavy (non-hydrogen) atoms. The van der Waals surface area contributed by atoms with Crippen molar-refractivity contribution in [2.24, 2.45) is 0 Å². The summed E-state index contributed by atoms with van der Waals surface area (Å²) >= 11 is 0. The maximum absolute atomic E-state index is 11.8. The number of rotatable bonds is 8. The Kier molecular flexibility index (Phi) is 6.28. The second-order valence-electron chi connectivity index (χ2n) is 5.99. The van der Waals surface area contributed by atoms with Crippen LogP contribution in [0.3, 0.4) is 0 Å². The lowest BCUT2D eigenvalue weighted by atomic mass is 9.91. The highest BCUT2D eigenvalue weighted by Gasteiger charge is 2.24. The average Bonchev–Trinajstić information content (AvgIpc) is 2.60. The van der Waals surface area contributed by atoms with Gasteiger partial charge in [-0.15, -0.1) is 0 Å². The van der Waals surface area contributed by atoms with Gasteiger partial charge in [0.05, 0.1) is 26.2 Å². The molecule has 5 heteroatoms. The van der Waals surface area contributed by atoms with E-state index in [1.807, 2.05) is 44.2 Å². The normalized spacial score (nSPS) is 11.9. The van der Waals surface area contributed by atoms with E-state index >= 15 is 0 Å². The molecule has 0 saturated carbocycles. The summed E-state index contributed by atoms with van der Waals surface area (Å²) in [4.78, 5) is 11.8. The molecule has 0 amide bonds. The van der Waals surface area contributed by atoms with Crippen molar-refractivity contribution in [3.63, 3.8) is 0 Å². The number of carboxylic acid groups (broad SMARTS) is 1. The molecule has 2 rings (SSSR count). The summed E-state index contributed by atoms with van der Waals surface area (Å²) in [7, 11) is 3.11. The van der Waals surface area contributed by atoms with Crippen LogP contribution in [0.5, 0.6) is 17.2 Å². The molecule has 0 aliphatic carbocycles. The number of hydrogen-bond donors (Lipinski definition) is 1. The molecule has 0 radical (unpaired) electrons. The fourth-order valence-corrected chi connectivity index (χ4v) is 2.71. The van der Waals surface area contributed by atoms with E-state index in [-0.39, 0.29) is 6.10 Å². The molecule has 0 aliphatic heterocycles. The molecule has 0 saturated heterocycles. The zero-order valence-corrected chi connectivity index (χ0v) is 15.0. The van der Waals surface area contributed by atoms with Gasteiger partial charge in [-0.05, 0) is 44.0 Å². The van der Waals surface area contributed by atoms with Gasteiger partial charge in [0.2, 0.25) is 0 Å². The monoisotopic (exact) mass is 344 g/mol. The Balaban J connectivity index is 2.32. The Bertz CT molecular complexity index is 724. The third kappa shape index (κ3) is 4.66. The van der Waals surface area contributed by atoms with Gasteiger partial charge in [0.25, 0.3) is 0 Å². The van der Waals surface area contributed by atoms with E-state index in [0.717, 1.165) is 5.56 Å². The molecular weight excluding hydrogens is 320 g/mol. The number of aliphatic carboxylic acids is 1. The minimum atomic E-state index is -0.897. The molecule has 5 nitrogen and oxygen atoms in total. The number of methoxy groups -OCH3 is 2. The van der Waals surface area contributed by atoms with E-state index in [9.17, 15) is 9.90 Å². The lowest BCUT2D eigenvalue weighted by Gasteiger charge is -2.18. The van der Waals surface area contributed by atoms with Crippen LogP contribution in [-0.2, 0) is 11.2 Å². The highest BCUT2D eigenvalue weighted by Crippen LogP contribution is 2.33. The number of carboxylic acids is 1. The molecule has 0 aromatic heterocycles. The zero-order chi connectivity index (χ0) is 18.4. The second-order valence-corrected chi connectivity index (χ2v) is 5.99. The largest absolute Gasteiger partial charge is 0.496 e. The first kappa shape index (κ1) is 18.6. The van der Waals surface area contributed by atoms with Crippen molar-refractivity contribution in [3.8, 4) is 17.2 Å². The predicted octanol–water partition coefficient (Wildman–Crippen LogP) is 3.90. The molecule has 0 fully saturated rings. The number of para-hydroxylation sites is 1. The van der Waals surface area contributed by atoms with Crippen LogP contribution in [0.4, 0.5) is 0 Å². The molecule has 2 aromatic rings. The van der Waals surface area contributed by atoms with E-state index < -0.39 is 11.9 Å². The summed E-state index contributed by atoms with van der Waals surface area (Å²) in [6.45, 7) is 3.88. The van der Waals surface area contributed by atoms with E-state index in [0.29, 0.717) is 29.2 Å². The Morgan fingerprint density at radius 2 is 1.68 bits per heavy atom. The molecule has 0 bridgehead atoms. The molecule has 134 valence electrons. The van der Waals surface area contributed by atoms with E-state index in [1.165, 1.54) is 0 Å². The van der Waals surface area contributed by atoms with Gasteiger partial charge in [-0.25, -0.2) is 0 Å². The quantitative estimate of drug-likeness (QED) is 0.787. The van der Waals surface area contributed by atoms with Gasteiger partial charge in [-0.2, -0.15) is 0 Å². The molecule has 1 N–H and O–H groups in total. The van der Waals surface area contributed by atoms with Crippen LogP contribution in [0.25, 0.3) is 0 Å². The molecule has 0 spiro atoms. The van der Waals surface area contributed by atoms with E-state index in [4.69, 9.17) is 14.2 Å². The molecule has 0 aliphatic rings. The van der Waals surface area contributed by atoms with Crippen LogP contribution >= 0.6 is 0 Å². The maximum atomic E-state index is 11.8. The van der Waals surface area contributed by atoms with Crippen molar-refractivity contribution >= 4 is 5.97 Å². The van der Waals surface area contributed by atoms with Crippen LogP contribution < -0.4 is 14.2 Å². The zero-order valence-electron chi connectivity index (χ0n) is 15.0. The number of benzene rings is 2. The minimum Gasteiger partial charge on any atom is -0.496 e. The maximum Gasteiger partial charge on any atom is 0.311 e. The average molecular weight is 344 g/mol. The summed E-state index contributed by atoms with van der Waals surface area (Å²) in [5.74, 6) is 0.200. The number of hydrogen-bond acceptors (Lipinski definition) is 4. The summed E-state index contributed by atoms with van der Waals surface area (Å²) in [6, 6.07) is 12.7. The third-order valence-corrected chi connectivity index (χ3v) is 3.84. The van der Waals surface area contributed by atoms with Gasteiger partial charge in [0.15, 0.2) is 11.5 Å². The molecule has 1 atom stereocenters. The summed E-state index contributed by atoms with van der Waals surface area (Å²) in [6.07, 6.45) is 0.355. The van der Waals surface area contributed by atoms with Crippen molar-refractivity contribution < 1.29 is 24.1 Å². The molecule has 2 aromatic carbocycles. The Morgan fingerprint density at radius 3 is 2.28 bits per heavy atom. The number of ether oxygens (including phenoxy) is 3. The Morgan fingerprint density at radius 1 is 1.00 bits per heavy atom. The smallest absolute Gasteiger partial charge is 0.311 e. The van der Waals surface area contributed by atoms with Crippen molar-refractivity contribution in [3.05, 3.63) is 53.6 Å². The third-order valence-electron chi connectivity index (χ3n) is 3.84. The van der Waals surface area contributed by atoms with Gasteiger partial charge in [0.1, 0.15) is 5.75 Å². The lowest BCUT2D eigenvalue weighted by Crippen LogP contribution is -2.15. The van der Waals surface area contributed by atoms with Crippen molar-refractivity contribution in [1.82, 2.24) is 0 Å². The van der Waals surface area contributed by atoms with Gasteiger partial charge in [-0.3, -0.25) is 4.79 Å². The van der Waals surface area contributed by atoms with Crippen LogP contribution in [0, 0.1) is 0 Å². The first-order valence-electron chi connectivity index (χ1n) is 8.15. The second kappa shape index (κ2) is 8.42. The van der Waals surface area contributed by atoms with E-state index in [1.54, 1.807) is 26.4 Å². The van der Waals surface area contributed by atoms with E-state index in [2.05, 4.69) is 0 Å². The lowest BCUT2D eigenvalue weighted by molar-refractivity contribution is -0.138.